The number of methoxy groups -OCH3 is 1. The molecule has 0 bridgehead atoms. The Labute approximate surface area is 162 Å². The van der Waals surface area contributed by atoms with Gasteiger partial charge in [-0.3, -0.25) is 14.6 Å². The molecule has 2 amide bonds. The van der Waals surface area contributed by atoms with Crippen LogP contribution in [0.1, 0.15) is 23.6 Å². The van der Waals surface area contributed by atoms with E-state index < -0.39 is 5.92 Å². The Kier molecular flexibility index (Phi) is 4.65. The zero-order chi connectivity index (χ0) is 19.7. The number of nitrogens with zero attached hydrogens (tertiary/aromatic N) is 3. The average Bonchev–Trinajstić information content (AvgIpc) is 2.72. The molecule has 0 saturated carbocycles. The minimum Gasteiger partial charge on any atom is -0.497 e. The molecule has 28 heavy (non-hydrogen) atoms. The standard InChI is InChI=1S/C21H20N4O3/c1-25(12-13-11-22-18-5-3-4-6-19(18)23-13)21(27)16-10-20(26)24-17-8-7-14(28-2)9-15(16)17/h3-9,11,16H,10,12H2,1-2H3,(H,24,26). The van der Waals surface area contributed by atoms with E-state index in [9.17, 15) is 9.59 Å². The zero-order valence-corrected chi connectivity index (χ0v) is 15.7. The Bertz CT molecular complexity index is 1070. The second-order valence-electron chi connectivity index (χ2n) is 6.80. The summed E-state index contributed by atoms with van der Waals surface area (Å²) in [7, 11) is 3.29. The molecule has 3 aromatic rings. The maximum atomic E-state index is 13.1. The van der Waals surface area contributed by atoms with Crippen LogP contribution in [0.5, 0.6) is 5.75 Å². The van der Waals surface area contributed by atoms with E-state index in [2.05, 4.69) is 15.3 Å². The summed E-state index contributed by atoms with van der Waals surface area (Å²) in [6, 6.07) is 12.9. The van der Waals surface area contributed by atoms with Gasteiger partial charge in [0.05, 0.1) is 42.5 Å². The van der Waals surface area contributed by atoms with Gasteiger partial charge in [-0.25, -0.2) is 4.98 Å². The number of carbonyl (C=O) groups is 2. The third kappa shape index (κ3) is 3.38. The van der Waals surface area contributed by atoms with E-state index >= 15 is 0 Å². The topological polar surface area (TPSA) is 84.4 Å². The van der Waals surface area contributed by atoms with Gasteiger partial charge in [0.2, 0.25) is 11.8 Å². The Morgan fingerprint density at radius 2 is 2.04 bits per heavy atom. The average molecular weight is 376 g/mol. The fourth-order valence-electron chi connectivity index (χ4n) is 3.45. The highest BCUT2D eigenvalue weighted by molar-refractivity contribution is 6.01. The third-order valence-electron chi connectivity index (χ3n) is 4.87. The van der Waals surface area contributed by atoms with Crippen LogP contribution in [0.3, 0.4) is 0 Å². The van der Waals surface area contributed by atoms with Crippen molar-refractivity contribution in [1.82, 2.24) is 14.9 Å². The molecule has 0 radical (unpaired) electrons. The number of hydrogen-bond acceptors (Lipinski definition) is 5. The lowest BCUT2D eigenvalue weighted by Gasteiger charge is -2.28. The molecule has 1 aromatic heterocycles. The number of fused-ring (bicyclic) bond motifs is 2. The van der Waals surface area contributed by atoms with Crippen molar-refractivity contribution in [3.05, 3.63) is 59.9 Å². The second kappa shape index (κ2) is 7.26. The quantitative estimate of drug-likeness (QED) is 0.757. The molecular weight excluding hydrogens is 356 g/mol. The number of amides is 2. The number of aromatic nitrogens is 2. The molecule has 1 atom stereocenters. The van der Waals surface area contributed by atoms with Crippen molar-refractivity contribution in [2.24, 2.45) is 0 Å². The van der Waals surface area contributed by atoms with Gasteiger partial charge >= 0.3 is 0 Å². The highest BCUT2D eigenvalue weighted by atomic mass is 16.5. The molecule has 2 aromatic carbocycles. The summed E-state index contributed by atoms with van der Waals surface area (Å²) in [6.07, 6.45) is 1.78. The molecule has 1 unspecified atom stereocenters. The summed E-state index contributed by atoms with van der Waals surface area (Å²) < 4.78 is 5.28. The summed E-state index contributed by atoms with van der Waals surface area (Å²) in [5, 5.41) is 2.82. The van der Waals surface area contributed by atoms with Crippen LogP contribution >= 0.6 is 0 Å². The Hall–Kier alpha value is -3.48. The number of anilines is 1. The fourth-order valence-corrected chi connectivity index (χ4v) is 3.45. The van der Waals surface area contributed by atoms with Gasteiger partial charge in [-0.05, 0) is 35.9 Å². The van der Waals surface area contributed by atoms with Crippen molar-refractivity contribution in [1.29, 1.82) is 0 Å². The van der Waals surface area contributed by atoms with E-state index in [-0.39, 0.29) is 18.2 Å². The molecule has 2 heterocycles. The lowest BCUT2D eigenvalue weighted by Crippen LogP contribution is -2.36. The summed E-state index contributed by atoms with van der Waals surface area (Å²) in [5.41, 5.74) is 3.70. The Balaban J connectivity index is 1.59. The monoisotopic (exact) mass is 376 g/mol. The summed E-state index contributed by atoms with van der Waals surface area (Å²) in [5.74, 6) is -0.220. The first-order valence-corrected chi connectivity index (χ1v) is 8.98. The van der Waals surface area contributed by atoms with Gasteiger partial charge in [0.15, 0.2) is 0 Å². The first-order chi connectivity index (χ1) is 13.5. The van der Waals surface area contributed by atoms with Gasteiger partial charge in [0.25, 0.3) is 0 Å². The van der Waals surface area contributed by atoms with Crippen molar-refractivity contribution >= 4 is 28.5 Å². The maximum absolute atomic E-state index is 13.1. The number of para-hydroxylation sites is 2. The van der Waals surface area contributed by atoms with E-state index in [1.54, 1.807) is 43.5 Å². The molecule has 1 N–H and O–H groups in total. The smallest absolute Gasteiger partial charge is 0.230 e. The lowest BCUT2D eigenvalue weighted by molar-refractivity contribution is -0.134. The lowest BCUT2D eigenvalue weighted by atomic mass is 9.89. The predicted octanol–water partition coefficient (Wildman–Crippen LogP) is 2.72. The molecule has 142 valence electrons. The summed E-state index contributed by atoms with van der Waals surface area (Å²) >= 11 is 0. The highest BCUT2D eigenvalue weighted by Gasteiger charge is 2.33. The first-order valence-electron chi connectivity index (χ1n) is 8.98. The Morgan fingerprint density at radius 3 is 2.82 bits per heavy atom. The van der Waals surface area contributed by atoms with E-state index in [0.717, 1.165) is 16.6 Å². The minimum absolute atomic E-state index is 0.104. The number of nitrogens with one attached hydrogen (secondary N) is 1. The van der Waals surface area contributed by atoms with Crippen molar-refractivity contribution < 1.29 is 14.3 Å². The zero-order valence-electron chi connectivity index (χ0n) is 15.7. The Morgan fingerprint density at radius 1 is 1.25 bits per heavy atom. The van der Waals surface area contributed by atoms with Crippen molar-refractivity contribution in [2.75, 3.05) is 19.5 Å². The van der Waals surface area contributed by atoms with Crippen LogP contribution in [-0.2, 0) is 16.1 Å². The number of likely N-dealkylation sites (N-methyl/N-ethyl adjacent to an activating group) is 1. The molecule has 0 aliphatic carbocycles. The van der Waals surface area contributed by atoms with Crippen LogP contribution in [0, 0.1) is 0 Å². The van der Waals surface area contributed by atoms with Crippen LogP contribution in [-0.4, -0.2) is 40.8 Å². The molecular formula is C21H20N4O3. The molecule has 0 fully saturated rings. The molecule has 0 saturated heterocycles. The largest absolute Gasteiger partial charge is 0.497 e. The number of benzene rings is 2. The number of ether oxygens (including phenoxy) is 1. The molecule has 4 rings (SSSR count). The number of hydrogen-bond donors (Lipinski definition) is 1. The second-order valence-corrected chi connectivity index (χ2v) is 6.80. The molecule has 7 nitrogen and oxygen atoms in total. The SMILES string of the molecule is COc1ccc2c(c1)C(C(=O)N(C)Cc1cnc3ccccc3n1)CC(=O)N2. The van der Waals surface area contributed by atoms with Crippen LogP contribution in [0.2, 0.25) is 0 Å². The summed E-state index contributed by atoms with van der Waals surface area (Å²) in [4.78, 5) is 35.8. The number of rotatable bonds is 4. The van der Waals surface area contributed by atoms with Gasteiger partial charge in [-0.15, -0.1) is 0 Å². The molecule has 1 aliphatic rings. The van der Waals surface area contributed by atoms with Gasteiger partial charge in [-0.2, -0.15) is 0 Å². The predicted molar refractivity (Wildman–Crippen MR) is 105 cm³/mol. The summed E-state index contributed by atoms with van der Waals surface area (Å²) in [6.45, 7) is 0.314. The van der Waals surface area contributed by atoms with E-state index in [4.69, 9.17) is 4.74 Å². The van der Waals surface area contributed by atoms with Gasteiger partial charge in [-0.1, -0.05) is 12.1 Å². The third-order valence-corrected chi connectivity index (χ3v) is 4.87. The van der Waals surface area contributed by atoms with E-state index in [1.807, 2.05) is 24.3 Å². The van der Waals surface area contributed by atoms with Crippen LogP contribution in [0.15, 0.2) is 48.7 Å². The van der Waals surface area contributed by atoms with Crippen molar-refractivity contribution in [3.8, 4) is 5.75 Å². The molecule has 1 aliphatic heterocycles. The normalized spacial score (nSPS) is 15.6. The van der Waals surface area contributed by atoms with Crippen LogP contribution in [0.4, 0.5) is 5.69 Å². The van der Waals surface area contributed by atoms with Gasteiger partial charge in [0, 0.05) is 19.2 Å². The van der Waals surface area contributed by atoms with Crippen LogP contribution in [0.25, 0.3) is 11.0 Å². The van der Waals surface area contributed by atoms with Crippen molar-refractivity contribution in [3.63, 3.8) is 0 Å². The fraction of sp³-hybridized carbons (Fsp3) is 0.238. The molecule has 0 spiro atoms. The number of carbonyl (C=O) groups excluding carboxylic acids is 2. The maximum Gasteiger partial charge on any atom is 0.230 e. The van der Waals surface area contributed by atoms with E-state index in [1.165, 1.54) is 0 Å². The molecule has 7 heteroatoms. The highest BCUT2D eigenvalue weighted by Crippen LogP contribution is 2.36. The van der Waals surface area contributed by atoms with Crippen LogP contribution < -0.4 is 10.1 Å². The van der Waals surface area contributed by atoms with Crippen molar-refractivity contribution in [2.45, 2.75) is 18.9 Å². The van der Waals surface area contributed by atoms with Gasteiger partial charge < -0.3 is 15.0 Å². The van der Waals surface area contributed by atoms with E-state index in [0.29, 0.717) is 23.7 Å². The first kappa shape index (κ1) is 17.9. The minimum atomic E-state index is -0.558. The van der Waals surface area contributed by atoms with Gasteiger partial charge in [0.1, 0.15) is 5.75 Å².